The monoisotopic (exact) mass is 314 g/mol. The van der Waals surface area contributed by atoms with Gasteiger partial charge in [-0.2, -0.15) is 0 Å². The fourth-order valence-corrected chi connectivity index (χ4v) is 2.91. The smallest absolute Gasteiger partial charge is 0.337 e. The third kappa shape index (κ3) is 2.87. The number of benzene rings is 1. The molecule has 0 spiro atoms. The Morgan fingerprint density at radius 1 is 1.23 bits per heavy atom. The normalized spacial score (nSPS) is 10.6. The second-order valence-electron chi connectivity index (χ2n) is 4.50. The van der Waals surface area contributed by atoms with E-state index < -0.39 is 11.8 Å². The zero-order valence-corrected chi connectivity index (χ0v) is 12.1. The fraction of sp³-hybridized carbons (Fsp3) is 0. The van der Waals surface area contributed by atoms with Crippen LogP contribution in [0, 0.1) is 5.82 Å². The molecule has 0 radical (unpaired) electrons. The molecule has 0 saturated heterocycles. The number of carbonyl (C=O) groups is 1. The van der Waals surface area contributed by atoms with E-state index in [1.165, 1.54) is 30.3 Å². The highest BCUT2D eigenvalue weighted by Gasteiger charge is 2.16. The summed E-state index contributed by atoms with van der Waals surface area (Å²) in [4.78, 5) is 16.1. The van der Waals surface area contributed by atoms with Gasteiger partial charge in [0.1, 0.15) is 5.82 Å². The Balaban J connectivity index is 2.09. The molecular weight excluding hydrogens is 303 g/mol. The maximum atomic E-state index is 14.0. The molecule has 3 rings (SSSR count). The number of pyridine rings is 1. The number of rotatable bonds is 4. The molecule has 0 bridgehead atoms. The fourth-order valence-electron chi connectivity index (χ4n) is 2.02. The van der Waals surface area contributed by atoms with E-state index in [-0.39, 0.29) is 5.56 Å². The van der Waals surface area contributed by atoms with Crippen LogP contribution in [0.4, 0.5) is 4.39 Å². The summed E-state index contributed by atoms with van der Waals surface area (Å²) in [6, 6.07) is 11.4. The largest absolute Gasteiger partial charge is 0.478 e. The number of carboxylic acid groups (broad SMARTS) is 1. The van der Waals surface area contributed by atoms with Gasteiger partial charge in [-0.3, -0.25) is 8.96 Å². The molecule has 110 valence electrons. The number of aromatic carboxylic acids is 1. The van der Waals surface area contributed by atoms with Gasteiger partial charge < -0.3 is 5.11 Å². The van der Waals surface area contributed by atoms with Crippen LogP contribution < -0.4 is 0 Å². The maximum absolute atomic E-state index is 14.0. The van der Waals surface area contributed by atoms with Crippen LogP contribution in [0.5, 0.6) is 0 Å². The van der Waals surface area contributed by atoms with E-state index in [2.05, 4.69) is 4.98 Å². The number of hydrogen-bond donors (Lipinski definition) is 1. The highest BCUT2D eigenvalue weighted by molar-refractivity contribution is 7.98. The first kappa shape index (κ1) is 14.3. The van der Waals surface area contributed by atoms with Gasteiger partial charge in [-0.1, -0.05) is 12.1 Å². The van der Waals surface area contributed by atoms with Gasteiger partial charge in [0.05, 0.1) is 11.3 Å². The zero-order chi connectivity index (χ0) is 15.5. The lowest BCUT2D eigenvalue weighted by Gasteiger charge is -2.08. The first-order valence-electron chi connectivity index (χ1n) is 6.44. The first-order chi connectivity index (χ1) is 10.6. The van der Waals surface area contributed by atoms with Gasteiger partial charge in [0, 0.05) is 29.0 Å². The number of aromatic nitrogens is 2. The second-order valence-corrected chi connectivity index (χ2v) is 5.55. The third-order valence-electron chi connectivity index (χ3n) is 3.02. The minimum Gasteiger partial charge on any atom is -0.478 e. The van der Waals surface area contributed by atoms with Crippen molar-refractivity contribution in [2.45, 2.75) is 4.90 Å². The summed E-state index contributed by atoms with van der Waals surface area (Å²) in [5, 5.41) is 9.18. The minimum atomic E-state index is -1.05. The lowest BCUT2D eigenvalue weighted by molar-refractivity contribution is 0.0697. The molecule has 2 aromatic heterocycles. The average molecular weight is 314 g/mol. The standard InChI is InChI=1S/C16H11FN2O2S/c17-14-6-2-1-5-13(14)15-8-11(16(20)21)10-19(15)22-12-4-3-7-18-9-12/h1-10H,(H,20,21). The van der Waals surface area contributed by atoms with E-state index >= 15 is 0 Å². The molecule has 0 unspecified atom stereocenters. The molecular formula is C16H11FN2O2S. The van der Waals surface area contributed by atoms with E-state index in [0.29, 0.717) is 11.3 Å². The van der Waals surface area contributed by atoms with Crippen molar-refractivity contribution in [3.8, 4) is 11.3 Å². The van der Waals surface area contributed by atoms with Crippen LogP contribution in [0.3, 0.4) is 0 Å². The molecule has 6 heteroatoms. The molecule has 0 atom stereocenters. The van der Waals surface area contributed by atoms with Crippen LogP contribution in [0.1, 0.15) is 10.4 Å². The summed E-state index contributed by atoms with van der Waals surface area (Å²) in [7, 11) is 0. The van der Waals surface area contributed by atoms with Gasteiger partial charge >= 0.3 is 5.97 Å². The van der Waals surface area contributed by atoms with E-state index in [1.54, 1.807) is 40.6 Å². The van der Waals surface area contributed by atoms with Crippen LogP contribution in [0.15, 0.2) is 66.0 Å². The Hall–Kier alpha value is -2.60. The van der Waals surface area contributed by atoms with Crippen molar-refractivity contribution in [2.24, 2.45) is 0 Å². The Morgan fingerprint density at radius 3 is 2.73 bits per heavy atom. The highest BCUT2D eigenvalue weighted by Crippen LogP contribution is 2.31. The predicted molar refractivity (Wildman–Crippen MR) is 82.3 cm³/mol. The summed E-state index contributed by atoms with van der Waals surface area (Å²) >= 11 is 1.28. The van der Waals surface area contributed by atoms with Gasteiger partial charge in [0.2, 0.25) is 0 Å². The van der Waals surface area contributed by atoms with Crippen molar-refractivity contribution < 1.29 is 14.3 Å². The first-order valence-corrected chi connectivity index (χ1v) is 7.21. The Bertz CT molecular complexity index is 818. The summed E-state index contributed by atoms with van der Waals surface area (Å²) < 4.78 is 15.7. The summed E-state index contributed by atoms with van der Waals surface area (Å²) in [6.45, 7) is 0. The van der Waals surface area contributed by atoms with Gasteiger partial charge in [-0.15, -0.1) is 0 Å². The molecule has 22 heavy (non-hydrogen) atoms. The molecule has 1 N–H and O–H groups in total. The van der Waals surface area contributed by atoms with Gasteiger partial charge in [-0.05, 0) is 42.3 Å². The number of carboxylic acids is 1. The lowest BCUT2D eigenvalue weighted by Crippen LogP contribution is -1.93. The van der Waals surface area contributed by atoms with Crippen molar-refractivity contribution >= 4 is 17.9 Å². The average Bonchev–Trinajstić information content (AvgIpc) is 2.93. The third-order valence-corrected chi connectivity index (χ3v) is 3.97. The topological polar surface area (TPSA) is 55.1 Å². The molecule has 0 amide bonds. The summed E-state index contributed by atoms with van der Waals surface area (Å²) in [5.74, 6) is -1.45. The van der Waals surface area contributed by atoms with Crippen LogP contribution in [0.25, 0.3) is 11.3 Å². The van der Waals surface area contributed by atoms with Crippen LogP contribution in [0.2, 0.25) is 0 Å². The zero-order valence-electron chi connectivity index (χ0n) is 11.3. The van der Waals surface area contributed by atoms with Crippen molar-refractivity contribution in [1.29, 1.82) is 0 Å². The number of nitrogens with zero attached hydrogens (tertiary/aromatic N) is 2. The molecule has 0 aliphatic heterocycles. The van der Waals surface area contributed by atoms with Crippen molar-refractivity contribution in [3.63, 3.8) is 0 Å². The molecule has 0 aliphatic rings. The summed E-state index contributed by atoms with van der Waals surface area (Å²) in [5.41, 5.74) is 0.949. The molecule has 0 aliphatic carbocycles. The molecule has 4 nitrogen and oxygen atoms in total. The van der Waals surface area contributed by atoms with Crippen molar-refractivity contribution in [1.82, 2.24) is 8.96 Å². The van der Waals surface area contributed by atoms with Gasteiger partial charge in [-0.25, -0.2) is 9.18 Å². The second kappa shape index (κ2) is 6.03. The molecule has 2 heterocycles. The van der Waals surface area contributed by atoms with Crippen molar-refractivity contribution in [2.75, 3.05) is 0 Å². The quantitative estimate of drug-likeness (QED) is 0.792. The maximum Gasteiger partial charge on any atom is 0.337 e. The van der Waals surface area contributed by atoms with Crippen molar-refractivity contribution in [3.05, 3.63) is 72.4 Å². The van der Waals surface area contributed by atoms with Crippen LogP contribution in [-0.2, 0) is 0 Å². The SMILES string of the molecule is O=C(O)c1cc(-c2ccccc2F)n(Sc2cccnc2)c1. The minimum absolute atomic E-state index is 0.106. The van der Waals surface area contributed by atoms with E-state index in [4.69, 9.17) is 0 Å². The highest BCUT2D eigenvalue weighted by atomic mass is 32.2. The molecule has 3 aromatic rings. The Morgan fingerprint density at radius 2 is 2.05 bits per heavy atom. The number of hydrogen-bond acceptors (Lipinski definition) is 3. The van der Waals surface area contributed by atoms with E-state index in [0.717, 1.165) is 4.90 Å². The van der Waals surface area contributed by atoms with E-state index in [1.807, 2.05) is 6.07 Å². The van der Waals surface area contributed by atoms with Crippen LogP contribution >= 0.6 is 11.9 Å². The van der Waals surface area contributed by atoms with Crippen LogP contribution in [-0.4, -0.2) is 20.0 Å². The number of halogens is 1. The molecule has 0 saturated carbocycles. The molecule has 1 aromatic carbocycles. The van der Waals surface area contributed by atoms with E-state index in [9.17, 15) is 14.3 Å². The predicted octanol–water partition coefficient (Wildman–Crippen LogP) is 3.94. The molecule has 0 fully saturated rings. The van der Waals surface area contributed by atoms with Gasteiger partial charge in [0.25, 0.3) is 0 Å². The Kier molecular flexibility index (Phi) is 3.93. The summed E-state index contributed by atoms with van der Waals surface area (Å²) in [6.07, 6.45) is 4.79. The Labute approximate surface area is 130 Å². The lowest BCUT2D eigenvalue weighted by atomic mass is 10.1. The van der Waals surface area contributed by atoms with Gasteiger partial charge in [0.15, 0.2) is 0 Å².